The number of aliphatic hydroxyl groups is 1. The molecule has 0 aliphatic heterocycles. The van der Waals surface area contributed by atoms with Gasteiger partial charge < -0.3 is 5.11 Å². The smallest absolute Gasteiger partial charge is 0.137 e. The lowest BCUT2D eigenvalue weighted by Crippen LogP contribution is -2.47. The van der Waals surface area contributed by atoms with Crippen molar-refractivity contribution in [1.29, 1.82) is 0 Å². The maximum Gasteiger partial charge on any atom is 0.137 e. The normalized spacial score (nSPS) is 17.6. The zero-order valence-corrected chi connectivity index (χ0v) is 13.7. The minimum Gasteiger partial charge on any atom is -0.382 e. The second-order valence-electron chi connectivity index (χ2n) is 4.78. The van der Waals surface area contributed by atoms with Crippen LogP contribution in [0.1, 0.15) is 20.8 Å². The van der Waals surface area contributed by atoms with E-state index in [2.05, 4.69) is 41.9 Å². The Labute approximate surface area is 122 Å². The van der Waals surface area contributed by atoms with Crippen molar-refractivity contribution in [2.75, 3.05) is 0 Å². The lowest BCUT2D eigenvalue weighted by molar-refractivity contribution is -0.0331. The molecule has 1 rings (SSSR count). The number of hydrogen-bond donors (Lipinski definition) is 1. The molecule has 0 bridgehead atoms. The largest absolute Gasteiger partial charge is 0.382 e. The summed E-state index contributed by atoms with van der Waals surface area (Å²) in [7, 11) is 0. The van der Waals surface area contributed by atoms with E-state index < -0.39 is 11.0 Å². The minimum absolute atomic E-state index is 0.263. The van der Waals surface area contributed by atoms with Gasteiger partial charge in [-0.25, -0.2) is 9.67 Å². The number of hydrogen-bond acceptors (Lipinski definition) is 3. The zero-order valence-electron chi connectivity index (χ0n) is 9.78. The Morgan fingerprint density at radius 1 is 1.41 bits per heavy atom. The van der Waals surface area contributed by atoms with Gasteiger partial charge in [0.15, 0.2) is 0 Å². The first kappa shape index (κ1) is 15.1. The van der Waals surface area contributed by atoms with Gasteiger partial charge in [-0.2, -0.15) is 5.10 Å². The van der Waals surface area contributed by atoms with Crippen LogP contribution in [0.15, 0.2) is 21.1 Å². The van der Waals surface area contributed by atoms with Crippen molar-refractivity contribution >= 4 is 43.5 Å². The highest BCUT2D eigenvalue weighted by Gasteiger charge is 2.44. The Morgan fingerprint density at radius 3 is 2.35 bits per heavy atom. The van der Waals surface area contributed by atoms with Crippen LogP contribution in [0.3, 0.4) is 0 Å². The Kier molecular flexibility index (Phi) is 4.80. The topological polar surface area (TPSA) is 50.9 Å². The molecule has 1 aromatic heterocycles. The molecular formula is C10H14Br2ClN3O. The third kappa shape index (κ3) is 3.30. The first-order valence-corrected chi connectivity index (χ1v) is 6.91. The maximum absolute atomic E-state index is 10.9. The number of aromatic nitrogens is 3. The number of rotatable bonds is 3. The molecule has 1 atom stereocenters. The highest BCUT2D eigenvalue weighted by atomic mass is 79.9. The Balaban J connectivity index is 3.17. The Hall–Kier alpha value is 0.0900. The molecule has 0 aromatic carbocycles. The summed E-state index contributed by atoms with van der Waals surface area (Å²) in [6.07, 6.45) is 2.98. The van der Waals surface area contributed by atoms with Gasteiger partial charge in [0.1, 0.15) is 18.3 Å². The fourth-order valence-corrected chi connectivity index (χ4v) is 2.55. The van der Waals surface area contributed by atoms with Gasteiger partial charge in [0.05, 0.1) is 15.0 Å². The zero-order chi connectivity index (χ0) is 13.3. The van der Waals surface area contributed by atoms with Crippen LogP contribution in [0.2, 0.25) is 0 Å². The van der Waals surface area contributed by atoms with Crippen molar-refractivity contribution in [1.82, 2.24) is 14.8 Å². The molecule has 0 aliphatic carbocycles. The Morgan fingerprint density at radius 2 is 2.00 bits per heavy atom. The van der Waals surface area contributed by atoms with Crippen molar-refractivity contribution in [2.45, 2.75) is 32.9 Å². The summed E-state index contributed by atoms with van der Waals surface area (Å²) in [5, 5.41) is 14.9. The molecular weight excluding hydrogens is 373 g/mol. The third-order valence-electron chi connectivity index (χ3n) is 2.63. The highest BCUT2D eigenvalue weighted by molar-refractivity contribution is 9.14. The molecule has 0 fully saturated rings. The van der Waals surface area contributed by atoms with E-state index in [1.165, 1.54) is 6.33 Å². The molecule has 0 saturated heterocycles. The standard InChI is InChI=1S/C10H14Br2ClN3O/c1-9(2,3)10(17,7(11)8(12)13)4-16-6-14-5-15-16/h5-6,17H,4H2,1-3H3/b8-7-. The van der Waals surface area contributed by atoms with E-state index in [1.807, 2.05) is 20.8 Å². The lowest BCUT2D eigenvalue weighted by Gasteiger charge is -2.40. The fourth-order valence-electron chi connectivity index (χ4n) is 1.34. The average molecular weight is 388 g/mol. The van der Waals surface area contributed by atoms with E-state index in [0.717, 1.165) is 0 Å². The van der Waals surface area contributed by atoms with Gasteiger partial charge in [0, 0.05) is 0 Å². The molecule has 0 amide bonds. The predicted octanol–water partition coefficient (Wildman–Crippen LogP) is 3.25. The van der Waals surface area contributed by atoms with Gasteiger partial charge in [-0.05, 0) is 21.3 Å². The van der Waals surface area contributed by atoms with Crippen molar-refractivity contribution < 1.29 is 5.11 Å². The maximum atomic E-state index is 10.9. The van der Waals surface area contributed by atoms with Crippen LogP contribution in [0.5, 0.6) is 0 Å². The summed E-state index contributed by atoms with van der Waals surface area (Å²) >= 11 is 12.4. The van der Waals surface area contributed by atoms with Crippen LogP contribution in [0.4, 0.5) is 0 Å². The van der Waals surface area contributed by atoms with E-state index in [1.54, 1.807) is 11.0 Å². The summed E-state index contributed by atoms with van der Waals surface area (Å²) in [6, 6.07) is 0. The molecule has 1 heterocycles. The quantitative estimate of drug-likeness (QED) is 0.866. The van der Waals surface area contributed by atoms with E-state index in [4.69, 9.17) is 11.6 Å². The van der Waals surface area contributed by atoms with Gasteiger partial charge >= 0.3 is 0 Å². The summed E-state index contributed by atoms with van der Waals surface area (Å²) in [4.78, 5) is 3.86. The van der Waals surface area contributed by atoms with Crippen molar-refractivity contribution in [3.8, 4) is 0 Å². The second kappa shape index (κ2) is 5.38. The van der Waals surface area contributed by atoms with E-state index in [-0.39, 0.29) is 6.54 Å². The first-order chi connectivity index (χ1) is 7.68. The molecule has 0 aliphatic rings. The van der Waals surface area contributed by atoms with Crippen LogP contribution in [0, 0.1) is 5.41 Å². The minimum atomic E-state index is -1.18. The summed E-state index contributed by atoms with van der Waals surface area (Å²) in [5.41, 5.74) is -1.60. The van der Waals surface area contributed by atoms with Crippen molar-refractivity contribution in [2.24, 2.45) is 5.41 Å². The molecule has 0 radical (unpaired) electrons. The van der Waals surface area contributed by atoms with Gasteiger partial charge in [-0.15, -0.1) is 0 Å². The van der Waals surface area contributed by atoms with Gasteiger partial charge in [0.2, 0.25) is 0 Å². The summed E-state index contributed by atoms with van der Waals surface area (Å²) in [6.45, 7) is 6.05. The molecule has 96 valence electrons. The van der Waals surface area contributed by atoms with Crippen LogP contribution < -0.4 is 0 Å². The van der Waals surface area contributed by atoms with Crippen LogP contribution >= 0.6 is 43.5 Å². The monoisotopic (exact) mass is 385 g/mol. The second-order valence-corrected chi connectivity index (χ2v) is 7.20. The number of nitrogens with zero attached hydrogens (tertiary/aromatic N) is 3. The molecule has 17 heavy (non-hydrogen) atoms. The fraction of sp³-hybridized carbons (Fsp3) is 0.600. The van der Waals surface area contributed by atoms with Crippen molar-refractivity contribution in [3.63, 3.8) is 0 Å². The van der Waals surface area contributed by atoms with Crippen LogP contribution in [-0.2, 0) is 6.54 Å². The average Bonchev–Trinajstić information content (AvgIpc) is 2.67. The van der Waals surface area contributed by atoms with Crippen LogP contribution in [-0.4, -0.2) is 25.5 Å². The Bertz CT molecular complexity index is 410. The van der Waals surface area contributed by atoms with Gasteiger partial charge in [0.25, 0.3) is 0 Å². The SMILES string of the molecule is CC(C)(C)C(O)(Cn1cncn1)/C(Br)=C(/Cl)Br. The predicted molar refractivity (Wildman–Crippen MR) is 75.2 cm³/mol. The molecule has 1 unspecified atom stereocenters. The number of halogens is 3. The molecule has 1 aromatic rings. The van der Waals surface area contributed by atoms with E-state index >= 15 is 0 Å². The highest BCUT2D eigenvalue weighted by Crippen LogP contribution is 2.43. The van der Waals surface area contributed by atoms with Crippen molar-refractivity contribution in [3.05, 3.63) is 21.1 Å². The molecule has 1 N–H and O–H groups in total. The van der Waals surface area contributed by atoms with E-state index in [0.29, 0.717) is 8.42 Å². The molecule has 0 spiro atoms. The molecule has 7 heteroatoms. The lowest BCUT2D eigenvalue weighted by atomic mass is 9.76. The van der Waals surface area contributed by atoms with Crippen LogP contribution in [0.25, 0.3) is 0 Å². The first-order valence-electron chi connectivity index (χ1n) is 4.94. The molecule has 4 nitrogen and oxygen atoms in total. The van der Waals surface area contributed by atoms with Gasteiger partial charge in [-0.3, -0.25) is 0 Å². The van der Waals surface area contributed by atoms with Gasteiger partial charge in [-0.1, -0.05) is 48.3 Å². The van der Waals surface area contributed by atoms with E-state index in [9.17, 15) is 5.11 Å². The summed E-state index contributed by atoms with van der Waals surface area (Å²) < 4.78 is 2.41. The molecule has 0 saturated carbocycles. The summed E-state index contributed by atoms with van der Waals surface area (Å²) in [5.74, 6) is 0. The third-order valence-corrected chi connectivity index (χ3v) is 5.03.